The van der Waals surface area contributed by atoms with E-state index in [1.807, 2.05) is 6.07 Å². The van der Waals surface area contributed by atoms with E-state index >= 15 is 0 Å². The van der Waals surface area contributed by atoms with Gasteiger partial charge in [-0.25, -0.2) is 9.78 Å². The number of aromatic nitrogens is 1. The fourth-order valence-corrected chi connectivity index (χ4v) is 8.61. The summed E-state index contributed by atoms with van der Waals surface area (Å²) in [6.45, 7) is 6.39. The topological polar surface area (TPSA) is 97.4 Å². The van der Waals surface area contributed by atoms with Crippen LogP contribution in [0.2, 0.25) is 0 Å². The lowest BCUT2D eigenvalue weighted by atomic mass is 9.47. The van der Waals surface area contributed by atoms with E-state index in [0.717, 1.165) is 57.0 Å². The Bertz CT molecular complexity index is 990. The molecule has 0 spiro atoms. The van der Waals surface area contributed by atoms with E-state index in [1.54, 1.807) is 25.3 Å². The molecule has 4 unspecified atom stereocenters. The van der Waals surface area contributed by atoms with E-state index in [0.29, 0.717) is 35.2 Å². The van der Waals surface area contributed by atoms with Crippen LogP contribution in [0.4, 0.5) is 0 Å². The Balaban J connectivity index is 1.22. The van der Waals surface area contributed by atoms with Gasteiger partial charge in [0.05, 0.1) is 0 Å². The molecule has 0 bridgehead atoms. The van der Waals surface area contributed by atoms with Crippen molar-refractivity contribution in [1.29, 1.82) is 0 Å². The van der Waals surface area contributed by atoms with Crippen molar-refractivity contribution in [3.05, 3.63) is 24.4 Å². The van der Waals surface area contributed by atoms with Crippen LogP contribution in [0.15, 0.2) is 29.4 Å². The van der Waals surface area contributed by atoms with E-state index in [1.165, 1.54) is 0 Å². The van der Waals surface area contributed by atoms with Crippen molar-refractivity contribution in [2.45, 2.75) is 89.2 Å². The van der Waals surface area contributed by atoms with Crippen LogP contribution in [-0.4, -0.2) is 34.9 Å². The van der Waals surface area contributed by atoms with Crippen molar-refractivity contribution >= 4 is 29.8 Å². The van der Waals surface area contributed by atoms with E-state index in [2.05, 4.69) is 29.5 Å². The lowest BCUT2D eigenvalue weighted by Crippen LogP contribution is -2.61. The average molecular weight is 500 g/mol. The lowest BCUT2D eigenvalue weighted by Gasteiger charge is -2.60. The van der Waals surface area contributed by atoms with Crippen LogP contribution in [0.3, 0.4) is 0 Å². The lowest BCUT2D eigenvalue weighted by molar-refractivity contribution is -0.144. The molecule has 1 aliphatic heterocycles. The summed E-state index contributed by atoms with van der Waals surface area (Å²) in [6, 6.07) is 4.99. The van der Waals surface area contributed by atoms with E-state index in [-0.39, 0.29) is 28.6 Å². The number of pyridine rings is 1. The molecule has 5 rings (SSSR count). The molecule has 35 heavy (non-hydrogen) atoms. The number of carbonyl (C=O) groups excluding carboxylic acids is 3. The summed E-state index contributed by atoms with van der Waals surface area (Å²) in [5.41, 5.74) is 0.126. The molecule has 3 saturated carbocycles. The van der Waals surface area contributed by atoms with Crippen molar-refractivity contribution < 1.29 is 18.6 Å². The molecular weight excluding hydrogens is 462 g/mol. The molecular formula is C27H37N3O4S. The minimum atomic E-state index is -0.710. The molecule has 1 saturated heterocycles. The van der Waals surface area contributed by atoms with Gasteiger partial charge in [-0.1, -0.05) is 19.9 Å². The highest BCUT2D eigenvalue weighted by Crippen LogP contribution is 2.65. The number of carbonyl (C=O) groups is 3. The van der Waals surface area contributed by atoms with Crippen molar-refractivity contribution in [2.24, 2.45) is 34.5 Å². The smallest absolute Gasteiger partial charge is 0.340 e. The highest BCUT2D eigenvalue weighted by atomic mass is 32.2. The summed E-state index contributed by atoms with van der Waals surface area (Å²) in [5.74, 6) is 1.38. The zero-order valence-corrected chi connectivity index (χ0v) is 21.7. The Morgan fingerprint density at radius 1 is 1.11 bits per heavy atom. The number of nitrogens with zero attached hydrogens (tertiary/aromatic N) is 1. The number of amides is 2. The zero-order chi connectivity index (χ0) is 24.8. The predicted octanol–water partition coefficient (Wildman–Crippen LogP) is 4.27. The highest BCUT2D eigenvalue weighted by Gasteiger charge is 2.61. The van der Waals surface area contributed by atoms with E-state index in [4.69, 9.17) is 4.18 Å². The molecule has 4 fully saturated rings. The van der Waals surface area contributed by atoms with Crippen LogP contribution in [0, 0.1) is 34.5 Å². The minimum absolute atomic E-state index is 0.0226. The summed E-state index contributed by atoms with van der Waals surface area (Å²) >= 11 is 0.917. The van der Waals surface area contributed by atoms with Gasteiger partial charge < -0.3 is 14.8 Å². The van der Waals surface area contributed by atoms with Gasteiger partial charge in [0.25, 0.3) is 0 Å². The third-order valence-corrected chi connectivity index (χ3v) is 10.6. The molecule has 0 radical (unpaired) electrons. The molecule has 3 aliphatic carbocycles. The first-order valence-electron chi connectivity index (χ1n) is 13.1. The summed E-state index contributed by atoms with van der Waals surface area (Å²) in [6.07, 6.45) is 9.52. The summed E-state index contributed by atoms with van der Waals surface area (Å²) in [5, 5.41) is 6.84. The van der Waals surface area contributed by atoms with Gasteiger partial charge in [0.15, 0.2) is 0 Å². The fraction of sp³-hybridized carbons (Fsp3) is 0.704. The molecule has 1 aromatic rings. The first-order valence-corrected chi connectivity index (χ1v) is 13.9. The van der Waals surface area contributed by atoms with Crippen LogP contribution in [0.5, 0.6) is 0 Å². The largest absolute Gasteiger partial charge is 0.383 e. The van der Waals surface area contributed by atoms with Gasteiger partial charge >= 0.3 is 5.97 Å². The standard InChI is InChI=1S/C27H37N3O4S/c1-16(25(33)34-35-23-6-4-5-15-28-23)29-24(32)20-9-8-18-17-7-10-21-27(3,14-12-22(31)30-21)19(17)11-13-26(18,20)2/h4-6,15-21H,7-14H2,1-3H3,(H,29,32)(H,30,31)/t16-,17?,18?,19?,20?,21+,26-,27+/m0/s1. The van der Waals surface area contributed by atoms with Crippen molar-refractivity contribution in [2.75, 3.05) is 0 Å². The normalized spacial score (nSPS) is 38.8. The van der Waals surface area contributed by atoms with Crippen LogP contribution >= 0.6 is 12.0 Å². The Hall–Kier alpha value is -2.09. The van der Waals surface area contributed by atoms with Gasteiger partial charge in [-0.2, -0.15) is 0 Å². The summed E-state index contributed by atoms with van der Waals surface area (Å²) in [7, 11) is 0. The minimum Gasteiger partial charge on any atom is -0.383 e. The maximum atomic E-state index is 13.4. The molecule has 2 N–H and O–H groups in total. The second-order valence-corrected chi connectivity index (χ2v) is 12.4. The first-order chi connectivity index (χ1) is 16.7. The van der Waals surface area contributed by atoms with Crippen molar-refractivity contribution in [3.63, 3.8) is 0 Å². The Labute approximate surface area is 212 Å². The van der Waals surface area contributed by atoms with E-state index in [9.17, 15) is 14.4 Å². The zero-order valence-electron chi connectivity index (χ0n) is 20.9. The van der Waals surface area contributed by atoms with Crippen molar-refractivity contribution in [3.8, 4) is 0 Å². The monoisotopic (exact) mass is 499 g/mol. The number of fused-ring (bicyclic) bond motifs is 5. The van der Waals surface area contributed by atoms with Crippen molar-refractivity contribution in [1.82, 2.24) is 15.6 Å². The average Bonchev–Trinajstić information content (AvgIpc) is 3.21. The van der Waals surface area contributed by atoms with Gasteiger partial charge in [-0.3, -0.25) is 9.59 Å². The number of nitrogens with one attached hydrogen (secondary N) is 2. The molecule has 8 atom stereocenters. The number of hydrogen-bond donors (Lipinski definition) is 2. The third-order valence-electron chi connectivity index (χ3n) is 9.97. The first kappa shape index (κ1) is 24.6. The van der Waals surface area contributed by atoms with Crippen LogP contribution in [0.1, 0.15) is 72.1 Å². The predicted molar refractivity (Wildman–Crippen MR) is 133 cm³/mol. The molecule has 7 nitrogen and oxygen atoms in total. The number of rotatable bonds is 5. The maximum absolute atomic E-state index is 13.4. The molecule has 190 valence electrons. The Kier molecular flexibility index (Phi) is 6.62. The van der Waals surface area contributed by atoms with Gasteiger partial charge in [0.2, 0.25) is 11.8 Å². The molecule has 2 amide bonds. The van der Waals surface area contributed by atoms with Crippen LogP contribution < -0.4 is 10.6 Å². The summed E-state index contributed by atoms with van der Waals surface area (Å²) < 4.78 is 5.30. The van der Waals surface area contributed by atoms with Gasteiger partial charge in [0.1, 0.15) is 23.1 Å². The SMILES string of the molecule is C[C@H](NC(=O)C1CCC2C3CC[C@H]4NC(=O)CC[C@]4(C)C3CC[C@]12C)C(=O)OSc1ccccn1. The van der Waals surface area contributed by atoms with Gasteiger partial charge in [-0.15, -0.1) is 0 Å². The Morgan fingerprint density at radius 3 is 2.69 bits per heavy atom. The fourth-order valence-electron chi connectivity index (χ4n) is 8.06. The molecule has 0 aromatic carbocycles. The van der Waals surface area contributed by atoms with Gasteiger partial charge in [-0.05, 0) is 92.6 Å². The molecule has 4 aliphatic rings. The number of hydrogen-bond acceptors (Lipinski definition) is 6. The van der Waals surface area contributed by atoms with Crippen LogP contribution in [-0.2, 0) is 18.6 Å². The Morgan fingerprint density at radius 2 is 1.91 bits per heavy atom. The third kappa shape index (κ3) is 4.36. The van der Waals surface area contributed by atoms with E-state index < -0.39 is 12.0 Å². The molecule has 8 heteroatoms. The van der Waals surface area contributed by atoms with Gasteiger partial charge in [0, 0.05) is 24.6 Å². The number of piperidine rings is 1. The molecule has 2 heterocycles. The highest BCUT2D eigenvalue weighted by molar-refractivity contribution is 7.95. The maximum Gasteiger partial charge on any atom is 0.340 e. The van der Waals surface area contributed by atoms with Crippen LogP contribution in [0.25, 0.3) is 0 Å². The summed E-state index contributed by atoms with van der Waals surface area (Å²) in [4.78, 5) is 42.1. The quantitative estimate of drug-likeness (QED) is 0.587. The second-order valence-electron chi connectivity index (χ2n) is 11.6. The second kappa shape index (κ2) is 9.41. The molecule has 1 aromatic heterocycles.